The summed E-state index contributed by atoms with van der Waals surface area (Å²) in [6.45, 7) is 2.06. The SMILES string of the molecule is Cc1nc(-c2cccc(N3CC(C(=O)Nc4ccccc4)CC3=O)c2)no1. The summed E-state index contributed by atoms with van der Waals surface area (Å²) in [7, 11) is 0. The minimum Gasteiger partial charge on any atom is -0.339 e. The Bertz CT molecular complexity index is 984. The first-order valence-electron chi connectivity index (χ1n) is 8.67. The van der Waals surface area contributed by atoms with E-state index in [1.54, 1.807) is 11.8 Å². The van der Waals surface area contributed by atoms with Gasteiger partial charge in [0, 0.05) is 36.8 Å². The van der Waals surface area contributed by atoms with Crippen LogP contribution < -0.4 is 10.2 Å². The molecule has 7 heteroatoms. The molecule has 1 N–H and O–H groups in total. The number of hydrogen-bond acceptors (Lipinski definition) is 5. The Balaban J connectivity index is 1.50. The number of carbonyl (C=O) groups is 2. The van der Waals surface area contributed by atoms with Crippen LogP contribution in [0.15, 0.2) is 59.1 Å². The molecule has 1 aliphatic heterocycles. The molecule has 0 spiro atoms. The minimum absolute atomic E-state index is 0.0790. The van der Waals surface area contributed by atoms with Crippen molar-refractivity contribution in [2.45, 2.75) is 13.3 Å². The highest BCUT2D eigenvalue weighted by molar-refractivity contribution is 6.03. The molecule has 1 aliphatic rings. The highest BCUT2D eigenvalue weighted by Crippen LogP contribution is 2.29. The van der Waals surface area contributed by atoms with Crippen molar-refractivity contribution in [3.05, 3.63) is 60.5 Å². The lowest BCUT2D eigenvalue weighted by Gasteiger charge is -2.17. The summed E-state index contributed by atoms with van der Waals surface area (Å²) in [6, 6.07) is 16.6. The molecule has 27 heavy (non-hydrogen) atoms. The second-order valence-electron chi connectivity index (χ2n) is 6.45. The summed E-state index contributed by atoms with van der Waals surface area (Å²) >= 11 is 0. The molecule has 136 valence electrons. The van der Waals surface area contributed by atoms with E-state index in [4.69, 9.17) is 4.52 Å². The van der Waals surface area contributed by atoms with Gasteiger partial charge in [0.15, 0.2) is 0 Å². The highest BCUT2D eigenvalue weighted by atomic mass is 16.5. The number of aromatic nitrogens is 2. The molecule has 2 heterocycles. The van der Waals surface area contributed by atoms with E-state index in [1.165, 1.54) is 0 Å². The third-order valence-corrected chi connectivity index (χ3v) is 4.48. The van der Waals surface area contributed by atoms with Crippen molar-refractivity contribution in [2.75, 3.05) is 16.8 Å². The maximum absolute atomic E-state index is 12.5. The summed E-state index contributed by atoms with van der Waals surface area (Å²) in [5.41, 5.74) is 2.20. The molecule has 1 saturated heterocycles. The number of para-hydroxylation sites is 1. The molecule has 0 aliphatic carbocycles. The van der Waals surface area contributed by atoms with Crippen LogP contribution >= 0.6 is 0 Å². The number of nitrogens with one attached hydrogen (secondary N) is 1. The van der Waals surface area contributed by atoms with Crippen molar-refractivity contribution in [2.24, 2.45) is 5.92 Å². The van der Waals surface area contributed by atoms with E-state index in [0.29, 0.717) is 18.3 Å². The first-order chi connectivity index (χ1) is 13.1. The van der Waals surface area contributed by atoms with E-state index in [-0.39, 0.29) is 18.2 Å². The molecular formula is C20H18N4O3. The first-order valence-corrected chi connectivity index (χ1v) is 8.67. The van der Waals surface area contributed by atoms with E-state index in [0.717, 1.165) is 16.9 Å². The van der Waals surface area contributed by atoms with Crippen LogP contribution in [0.25, 0.3) is 11.4 Å². The van der Waals surface area contributed by atoms with E-state index < -0.39 is 5.92 Å². The topological polar surface area (TPSA) is 88.3 Å². The molecule has 0 radical (unpaired) electrons. The highest BCUT2D eigenvalue weighted by Gasteiger charge is 2.35. The van der Waals surface area contributed by atoms with Crippen molar-refractivity contribution in [3.8, 4) is 11.4 Å². The summed E-state index contributed by atoms with van der Waals surface area (Å²) in [5.74, 6) is 0.324. The zero-order chi connectivity index (χ0) is 18.8. The van der Waals surface area contributed by atoms with Crippen molar-refractivity contribution in [1.82, 2.24) is 10.1 Å². The third kappa shape index (κ3) is 3.57. The van der Waals surface area contributed by atoms with E-state index in [2.05, 4.69) is 15.5 Å². The van der Waals surface area contributed by atoms with Crippen molar-refractivity contribution >= 4 is 23.2 Å². The van der Waals surface area contributed by atoms with Crippen LogP contribution in [0.1, 0.15) is 12.3 Å². The Hall–Kier alpha value is -3.48. The fourth-order valence-electron chi connectivity index (χ4n) is 3.13. The predicted molar refractivity (Wildman–Crippen MR) is 100 cm³/mol. The predicted octanol–water partition coefficient (Wildman–Crippen LogP) is 3.04. The number of hydrogen-bond donors (Lipinski definition) is 1. The number of benzene rings is 2. The summed E-state index contributed by atoms with van der Waals surface area (Å²) < 4.78 is 5.02. The van der Waals surface area contributed by atoms with Gasteiger partial charge in [-0.1, -0.05) is 35.5 Å². The van der Waals surface area contributed by atoms with Gasteiger partial charge in [-0.15, -0.1) is 0 Å². The number of carbonyl (C=O) groups excluding carboxylic acids is 2. The van der Waals surface area contributed by atoms with Crippen LogP contribution in [0.3, 0.4) is 0 Å². The lowest BCUT2D eigenvalue weighted by molar-refractivity contribution is -0.122. The van der Waals surface area contributed by atoms with Crippen molar-refractivity contribution in [3.63, 3.8) is 0 Å². The molecule has 2 amide bonds. The fourth-order valence-corrected chi connectivity index (χ4v) is 3.13. The number of amides is 2. The lowest BCUT2D eigenvalue weighted by Crippen LogP contribution is -2.28. The van der Waals surface area contributed by atoms with Gasteiger partial charge in [0.1, 0.15) is 0 Å². The molecule has 4 rings (SSSR count). The number of aryl methyl sites for hydroxylation is 1. The molecule has 1 aromatic heterocycles. The zero-order valence-corrected chi connectivity index (χ0v) is 14.8. The molecule has 2 aromatic carbocycles. The van der Waals surface area contributed by atoms with Crippen molar-refractivity contribution < 1.29 is 14.1 Å². The smallest absolute Gasteiger partial charge is 0.229 e. The van der Waals surface area contributed by atoms with Crippen LogP contribution in [-0.4, -0.2) is 28.5 Å². The fraction of sp³-hybridized carbons (Fsp3) is 0.200. The van der Waals surface area contributed by atoms with E-state index in [1.807, 2.05) is 54.6 Å². The molecule has 7 nitrogen and oxygen atoms in total. The minimum atomic E-state index is -0.395. The van der Waals surface area contributed by atoms with Gasteiger partial charge in [-0.3, -0.25) is 9.59 Å². The van der Waals surface area contributed by atoms with Crippen LogP contribution in [0, 0.1) is 12.8 Å². The first kappa shape index (κ1) is 17.0. The third-order valence-electron chi connectivity index (χ3n) is 4.48. The molecule has 1 unspecified atom stereocenters. The second kappa shape index (κ2) is 7.03. The number of rotatable bonds is 4. The van der Waals surface area contributed by atoms with Gasteiger partial charge < -0.3 is 14.7 Å². The molecule has 0 saturated carbocycles. The van der Waals surface area contributed by atoms with Gasteiger partial charge >= 0.3 is 0 Å². The van der Waals surface area contributed by atoms with Crippen LogP contribution in [0.4, 0.5) is 11.4 Å². The lowest BCUT2D eigenvalue weighted by atomic mass is 10.1. The second-order valence-corrected chi connectivity index (χ2v) is 6.45. The Morgan fingerprint density at radius 2 is 2.00 bits per heavy atom. The Kier molecular flexibility index (Phi) is 4.42. The maximum atomic E-state index is 12.5. The monoisotopic (exact) mass is 362 g/mol. The molecular weight excluding hydrogens is 344 g/mol. The normalized spacial score (nSPS) is 16.6. The van der Waals surface area contributed by atoms with Crippen LogP contribution in [0.5, 0.6) is 0 Å². The summed E-state index contributed by atoms with van der Waals surface area (Å²) in [4.78, 5) is 30.8. The van der Waals surface area contributed by atoms with E-state index >= 15 is 0 Å². The number of anilines is 2. The molecule has 1 fully saturated rings. The zero-order valence-electron chi connectivity index (χ0n) is 14.8. The Labute approximate surface area is 156 Å². The van der Waals surface area contributed by atoms with Gasteiger partial charge in [0.05, 0.1) is 5.92 Å². The average Bonchev–Trinajstić information content (AvgIpc) is 3.29. The van der Waals surface area contributed by atoms with Gasteiger partial charge in [-0.05, 0) is 24.3 Å². The van der Waals surface area contributed by atoms with Crippen LogP contribution in [0.2, 0.25) is 0 Å². The maximum Gasteiger partial charge on any atom is 0.229 e. The van der Waals surface area contributed by atoms with Gasteiger partial charge in [0.2, 0.25) is 23.5 Å². The number of nitrogens with zero attached hydrogens (tertiary/aromatic N) is 3. The Morgan fingerprint density at radius 3 is 2.74 bits per heavy atom. The van der Waals surface area contributed by atoms with Gasteiger partial charge in [-0.2, -0.15) is 4.98 Å². The Morgan fingerprint density at radius 1 is 1.19 bits per heavy atom. The van der Waals surface area contributed by atoms with Crippen LogP contribution in [-0.2, 0) is 9.59 Å². The molecule has 3 aromatic rings. The molecule has 0 bridgehead atoms. The van der Waals surface area contributed by atoms with E-state index in [9.17, 15) is 9.59 Å². The van der Waals surface area contributed by atoms with Gasteiger partial charge in [0.25, 0.3) is 0 Å². The van der Waals surface area contributed by atoms with Gasteiger partial charge in [-0.25, -0.2) is 0 Å². The molecule has 1 atom stereocenters. The average molecular weight is 362 g/mol. The standard InChI is InChI=1S/C20H18N4O3/c1-13-21-19(23-27-13)14-6-5-9-17(10-14)24-12-15(11-18(24)25)20(26)22-16-7-3-2-4-8-16/h2-10,15H,11-12H2,1H3,(H,22,26). The summed E-state index contributed by atoms with van der Waals surface area (Å²) in [5, 5.41) is 6.78. The quantitative estimate of drug-likeness (QED) is 0.771. The summed E-state index contributed by atoms with van der Waals surface area (Å²) in [6.07, 6.45) is 0.185. The largest absolute Gasteiger partial charge is 0.339 e. The van der Waals surface area contributed by atoms with Crippen molar-refractivity contribution in [1.29, 1.82) is 0 Å².